The SMILES string of the molecule is C[C@@H](O)Cn1cc(-c2cc3c(N4CCN(c5ncc([C@@](C)(O)c6ccc(F)cc6)cn5)CC4)ncnc3[nH]2)cn1. The van der Waals surface area contributed by atoms with Gasteiger partial charge in [-0.2, -0.15) is 5.10 Å². The molecule has 1 fully saturated rings. The molecule has 5 heterocycles. The van der Waals surface area contributed by atoms with E-state index in [9.17, 15) is 14.6 Å². The van der Waals surface area contributed by atoms with Gasteiger partial charge in [0, 0.05) is 55.9 Å². The third kappa shape index (κ3) is 4.98. The van der Waals surface area contributed by atoms with Crippen LogP contribution in [0.2, 0.25) is 0 Å². The molecule has 1 aliphatic heterocycles. The minimum Gasteiger partial charge on any atom is -0.391 e. The van der Waals surface area contributed by atoms with Crippen LogP contribution in [0.1, 0.15) is 25.0 Å². The Hall–Kier alpha value is -4.42. The van der Waals surface area contributed by atoms with Gasteiger partial charge in [-0.25, -0.2) is 24.3 Å². The Morgan fingerprint density at radius 3 is 2.38 bits per heavy atom. The van der Waals surface area contributed by atoms with E-state index in [1.807, 2.05) is 12.3 Å². The standard InChI is InChI=1S/C28H30FN9O2/c1-18(39)15-38-16-19(12-34-38)24-11-23-25(35-24)32-17-33-26(23)36-7-9-37(10-8-36)27-30-13-21(14-31-27)28(2,40)20-3-5-22(29)6-4-20/h3-6,11-14,16-18,39-40H,7-10,15H2,1-2H3,(H,32,33,35)/t18-,28+/m1/s1. The number of rotatable bonds is 7. The molecule has 0 saturated carbocycles. The first-order valence-corrected chi connectivity index (χ1v) is 13.1. The van der Waals surface area contributed by atoms with Crippen molar-refractivity contribution >= 4 is 22.8 Å². The second kappa shape index (κ2) is 10.3. The summed E-state index contributed by atoms with van der Waals surface area (Å²) in [5.74, 6) is 1.09. The molecular formula is C28H30FN9O2. The summed E-state index contributed by atoms with van der Waals surface area (Å²) in [5, 5.41) is 26.0. The molecular weight excluding hydrogens is 513 g/mol. The van der Waals surface area contributed by atoms with Gasteiger partial charge in [-0.3, -0.25) is 4.68 Å². The fourth-order valence-corrected chi connectivity index (χ4v) is 5.00. The molecule has 40 heavy (non-hydrogen) atoms. The zero-order valence-corrected chi connectivity index (χ0v) is 22.2. The number of benzene rings is 1. The van der Waals surface area contributed by atoms with E-state index >= 15 is 0 Å². The zero-order valence-electron chi connectivity index (χ0n) is 22.2. The Kier molecular flexibility index (Phi) is 6.64. The largest absolute Gasteiger partial charge is 0.391 e. The first-order chi connectivity index (χ1) is 19.3. The Morgan fingerprint density at radius 1 is 0.975 bits per heavy atom. The molecule has 3 N–H and O–H groups in total. The van der Waals surface area contributed by atoms with Gasteiger partial charge in [-0.15, -0.1) is 0 Å². The molecule has 206 valence electrons. The van der Waals surface area contributed by atoms with Crippen molar-refractivity contribution in [3.63, 3.8) is 0 Å². The molecule has 1 aromatic carbocycles. The van der Waals surface area contributed by atoms with Gasteiger partial charge < -0.3 is 25.0 Å². The number of H-pyrrole nitrogens is 1. The fraction of sp³-hybridized carbons (Fsp3) is 0.321. The van der Waals surface area contributed by atoms with Gasteiger partial charge in [-0.05, 0) is 37.6 Å². The van der Waals surface area contributed by atoms with Gasteiger partial charge in [0.1, 0.15) is 29.2 Å². The van der Waals surface area contributed by atoms with E-state index in [1.165, 1.54) is 12.1 Å². The van der Waals surface area contributed by atoms with Gasteiger partial charge >= 0.3 is 0 Å². The Labute approximate surface area is 230 Å². The van der Waals surface area contributed by atoms with Crippen molar-refractivity contribution in [1.82, 2.24) is 34.7 Å². The number of aromatic amines is 1. The summed E-state index contributed by atoms with van der Waals surface area (Å²) in [7, 11) is 0. The number of aliphatic hydroxyl groups is 2. The predicted molar refractivity (Wildman–Crippen MR) is 148 cm³/mol. The number of hydrogen-bond donors (Lipinski definition) is 3. The molecule has 11 nitrogen and oxygen atoms in total. The highest BCUT2D eigenvalue weighted by Gasteiger charge is 2.28. The normalized spacial score (nSPS) is 16.3. The molecule has 2 atom stereocenters. The van der Waals surface area contributed by atoms with E-state index in [0.717, 1.165) is 41.2 Å². The van der Waals surface area contributed by atoms with E-state index in [1.54, 1.807) is 55.6 Å². The lowest BCUT2D eigenvalue weighted by Crippen LogP contribution is -2.47. The monoisotopic (exact) mass is 543 g/mol. The van der Waals surface area contributed by atoms with Crippen molar-refractivity contribution in [3.8, 4) is 11.3 Å². The number of fused-ring (bicyclic) bond motifs is 1. The number of piperazine rings is 1. The Bertz CT molecular complexity index is 1610. The maximum absolute atomic E-state index is 13.3. The minimum atomic E-state index is -1.34. The molecule has 0 amide bonds. The van der Waals surface area contributed by atoms with Crippen LogP contribution in [-0.4, -0.2) is 77.2 Å². The van der Waals surface area contributed by atoms with Crippen molar-refractivity contribution in [2.75, 3.05) is 36.0 Å². The molecule has 0 spiro atoms. The van der Waals surface area contributed by atoms with Gasteiger partial charge in [0.25, 0.3) is 0 Å². The van der Waals surface area contributed by atoms with Crippen molar-refractivity contribution in [1.29, 1.82) is 0 Å². The zero-order chi connectivity index (χ0) is 27.9. The summed E-state index contributed by atoms with van der Waals surface area (Å²) in [6.45, 7) is 6.64. The van der Waals surface area contributed by atoms with Gasteiger partial charge in [0.05, 0.1) is 29.9 Å². The molecule has 5 aromatic rings. The first kappa shape index (κ1) is 25.8. The summed E-state index contributed by atoms with van der Waals surface area (Å²) < 4.78 is 15.0. The van der Waals surface area contributed by atoms with E-state index < -0.39 is 11.7 Å². The highest BCUT2D eigenvalue weighted by Crippen LogP contribution is 2.31. The summed E-state index contributed by atoms with van der Waals surface area (Å²) >= 11 is 0. The van der Waals surface area contributed by atoms with Gasteiger partial charge in [-0.1, -0.05) is 12.1 Å². The average molecular weight is 544 g/mol. The molecule has 0 unspecified atom stereocenters. The first-order valence-electron chi connectivity index (χ1n) is 13.1. The molecule has 4 aromatic heterocycles. The van der Waals surface area contributed by atoms with Crippen LogP contribution in [0.3, 0.4) is 0 Å². The van der Waals surface area contributed by atoms with Crippen molar-refractivity contribution < 1.29 is 14.6 Å². The summed E-state index contributed by atoms with van der Waals surface area (Å²) in [4.78, 5) is 25.8. The smallest absolute Gasteiger partial charge is 0.225 e. The van der Waals surface area contributed by atoms with Crippen LogP contribution in [-0.2, 0) is 12.1 Å². The van der Waals surface area contributed by atoms with Crippen LogP contribution in [0.25, 0.3) is 22.3 Å². The maximum Gasteiger partial charge on any atom is 0.225 e. The molecule has 1 aliphatic rings. The second-order valence-electron chi connectivity index (χ2n) is 10.3. The highest BCUT2D eigenvalue weighted by molar-refractivity contribution is 5.91. The van der Waals surface area contributed by atoms with Crippen LogP contribution in [0.15, 0.2) is 61.4 Å². The average Bonchev–Trinajstić information content (AvgIpc) is 3.60. The summed E-state index contributed by atoms with van der Waals surface area (Å²) in [6.07, 6.45) is 7.99. The lowest BCUT2D eigenvalue weighted by molar-refractivity contribution is 0.101. The topological polar surface area (TPSA) is 132 Å². The number of nitrogens with zero attached hydrogens (tertiary/aromatic N) is 8. The lowest BCUT2D eigenvalue weighted by atomic mass is 9.90. The summed E-state index contributed by atoms with van der Waals surface area (Å²) in [5.41, 5.74) is 2.30. The third-order valence-electron chi connectivity index (χ3n) is 7.27. The molecule has 1 saturated heterocycles. The van der Waals surface area contributed by atoms with Crippen LogP contribution < -0.4 is 9.80 Å². The maximum atomic E-state index is 13.3. The van der Waals surface area contributed by atoms with Crippen LogP contribution in [0.4, 0.5) is 16.2 Å². The number of anilines is 2. The Balaban J connectivity index is 1.15. The number of aromatic nitrogens is 7. The molecule has 0 radical (unpaired) electrons. The van der Waals surface area contributed by atoms with Crippen molar-refractivity contribution in [2.45, 2.75) is 32.1 Å². The molecule has 6 rings (SSSR count). The highest BCUT2D eigenvalue weighted by atomic mass is 19.1. The Morgan fingerprint density at radius 2 is 1.68 bits per heavy atom. The van der Waals surface area contributed by atoms with E-state index in [4.69, 9.17) is 0 Å². The van der Waals surface area contributed by atoms with Crippen molar-refractivity contribution in [3.05, 3.63) is 78.4 Å². The van der Waals surface area contributed by atoms with E-state index in [-0.39, 0.29) is 5.82 Å². The minimum absolute atomic E-state index is 0.356. The van der Waals surface area contributed by atoms with E-state index in [2.05, 4.69) is 39.8 Å². The third-order valence-corrected chi connectivity index (χ3v) is 7.27. The summed E-state index contributed by atoms with van der Waals surface area (Å²) in [6, 6.07) is 7.81. The van der Waals surface area contributed by atoms with Gasteiger partial charge in [0.2, 0.25) is 5.95 Å². The van der Waals surface area contributed by atoms with Crippen LogP contribution in [0, 0.1) is 5.82 Å². The van der Waals surface area contributed by atoms with Crippen LogP contribution >= 0.6 is 0 Å². The van der Waals surface area contributed by atoms with Gasteiger partial charge in [0.15, 0.2) is 0 Å². The number of halogens is 1. The van der Waals surface area contributed by atoms with E-state index in [0.29, 0.717) is 36.7 Å². The second-order valence-corrected chi connectivity index (χ2v) is 10.3. The van der Waals surface area contributed by atoms with Crippen molar-refractivity contribution in [2.24, 2.45) is 0 Å². The quantitative estimate of drug-likeness (QED) is 0.283. The fourth-order valence-electron chi connectivity index (χ4n) is 5.00. The van der Waals surface area contributed by atoms with Crippen LogP contribution in [0.5, 0.6) is 0 Å². The molecule has 12 heteroatoms. The lowest BCUT2D eigenvalue weighted by Gasteiger charge is -2.35. The molecule has 0 aliphatic carbocycles. The number of aliphatic hydroxyl groups excluding tert-OH is 1. The number of hydrogen-bond acceptors (Lipinski definition) is 9. The number of nitrogens with one attached hydrogen (secondary N) is 1. The molecule has 0 bridgehead atoms. The predicted octanol–water partition coefficient (Wildman–Crippen LogP) is 2.71.